The molecular weight excluding hydrogens is 484 g/mol. The van der Waals surface area contributed by atoms with Gasteiger partial charge < -0.3 is 10.1 Å². The minimum Gasteiger partial charge on any atom is -0.462 e. The lowest BCUT2D eigenvalue weighted by Crippen LogP contribution is -2.30. The topological polar surface area (TPSA) is 148 Å². The second-order valence-electron chi connectivity index (χ2n) is 6.15. The third-order valence-electron chi connectivity index (χ3n) is 4.08. The van der Waals surface area contributed by atoms with E-state index in [1.165, 1.54) is 6.07 Å². The molecule has 0 fully saturated rings. The number of nitrogens with zero attached hydrogens (tertiary/aromatic N) is 3. The molecular formula is C20H17BrN6O5. The molecule has 0 saturated carbocycles. The molecule has 0 unspecified atom stereocenters. The van der Waals surface area contributed by atoms with Crippen molar-refractivity contribution in [3.05, 3.63) is 80.6 Å². The fourth-order valence-corrected chi connectivity index (χ4v) is 2.89. The van der Waals surface area contributed by atoms with Gasteiger partial charge in [0.25, 0.3) is 5.91 Å². The lowest BCUT2D eigenvalue weighted by atomic mass is 10.2. The number of carbonyl (C=O) groups excluding carboxylic acids is 2. The van der Waals surface area contributed by atoms with Gasteiger partial charge in [-0.2, -0.15) is 0 Å². The Kier molecular flexibility index (Phi) is 7.29. The van der Waals surface area contributed by atoms with Crippen LogP contribution in [0.4, 0.5) is 23.0 Å². The Morgan fingerprint density at radius 1 is 1.09 bits per heavy atom. The SMILES string of the molecule is CCOC(=O)c1ccccc1Nc1ncnc(NNC(=O)c2ccc(Br)cc2)c1[N+](=O)[O-]. The molecule has 1 amide bonds. The molecule has 0 aliphatic rings. The molecule has 3 aromatic rings. The normalized spacial score (nSPS) is 10.2. The number of para-hydroxylation sites is 1. The lowest BCUT2D eigenvalue weighted by Gasteiger charge is -2.13. The van der Waals surface area contributed by atoms with Crippen LogP contribution in [-0.4, -0.2) is 33.4 Å². The van der Waals surface area contributed by atoms with Gasteiger partial charge in [0.2, 0.25) is 11.6 Å². The Morgan fingerprint density at radius 2 is 1.78 bits per heavy atom. The van der Waals surface area contributed by atoms with Crippen molar-refractivity contribution in [2.75, 3.05) is 17.3 Å². The predicted molar refractivity (Wildman–Crippen MR) is 120 cm³/mol. The number of hydrogen-bond acceptors (Lipinski definition) is 9. The molecule has 11 nitrogen and oxygen atoms in total. The smallest absolute Gasteiger partial charge is 0.355 e. The van der Waals surface area contributed by atoms with Gasteiger partial charge in [0.05, 0.1) is 22.8 Å². The van der Waals surface area contributed by atoms with E-state index in [0.29, 0.717) is 5.56 Å². The Balaban J connectivity index is 1.86. The maximum Gasteiger partial charge on any atom is 0.355 e. The van der Waals surface area contributed by atoms with E-state index in [2.05, 4.69) is 42.1 Å². The van der Waals surface area contributed by atoms with E-state index >= 15 is 0 Å². The summed E-state index contributed by atoms with van der Waals surface area (Å²) in [6, 6.07) is 12.9. The van der Waals surface area contributed by atoms with Crippen molar-refractivity contribution in [3.8, 4) is 0 Å². The van der Waals surface area contributed by atoms with E-state index in [-0.39, 0.29) is 29.5 Å². The number of hydrogen-bond donors (Lipinski definition) is 3. The molecule has 12 heteroatoms. The molecule has 0 aliphatic carbocycles. The zero-order chi connectivity index (χ0) is 23.1. The summed E-state index contributed by atoms with van der Waals surface area (Å²) in [7, 11) is 0. The molecule has 1 heterocycles. The summed E-state index contributed by atoms with van der Waals surface area (Å²) in [6.45, 7) is 1.84. The molecule has 0 spiro atoms. The summed E-state index contributed by atoms with van der Waals surface area (Å²) >= 11 is 3.28. The average molecular weight is 501 g/mol. The van der Waals surface area contributed by atoms with Gasteiger partial charge in [-0.15, -0.1) is 0 Å². The highest BCUT2D eigenvalue weighted by Crippen LogP contribution is 2.32. The number of ether oxygens (including phenoxy) is 1. The molecule has 0 atom stereocenters. The number of esters is 1. The number of nitro groups is 1. The first-order valence-electron chi connectivity index (χ1n) is 9.25. The summed E-state index contributed by atoms with van der Waals surface area (Å²) in [5.74, 6) is -1.53. The lowest BCUT2D eigenvalue weighted by molar-refractivity contribution is -0.383. The zero-order valence-corrected chi connectivity index (χ0v) is 18.3. The van der Waals surface area contributed by atoms with Crippen LogP contribution in [0, 0.1) is 10.1 Å². The first-order chi connectivity index (χ1) is 15.4. The summed E-state index contributed by atoms with van der Waals surface area (Å²) in [5, 5.41) is 14.5. The van der Waals surface area contributed by atoms with E-state index in [0.717, 1.165) is 10.8 Å². The molecule has 0 aliphatic heterocycles. The van der Waals surface area contributed by atoms with Crippen molar-refractivity contribution in [3.63, 3.8) is 0 Å². The van der Waals surface area contributed by atoms with E-state index in [1.807, 2.05) is 0 Å². The van der Waals surface area contributed by atoms with Gasteiger partial charge in [-0.3, -0.25) is 25.8 Å². The van der Waals surface area contributed by atoms with Gasteiger partial charge in [0, 0.05) is 10.0 Å². The van der Waals surface area contributed by atoms with Gasteiger partial charge >= 0.3 is 11.7 Å². The van der Waals surface area contributed by atoms with Crippen molar-refractivity contribution in [1.82, 2.24) is 15.4 Å². The number of benzene rings is 2. The van der Waals surface area contributed by atoms with Crippen LogP contribution in [0.25, 0.3) is 0 Å². The molecule has 2 aromatic carbocycles. The monoisotopic (exact) mass is 500 g/mol. The van der Waals surface area contributed by atoms with Crippen molar-refractivity contribution in [2.45, 2.75) is 6.92 Å². The third kappa shape index (κ3) is 5.35. The Hall–Kier alpha value is -4.06. The highest BCUT2D eigenvalue weighted by Gasteiger charge is 2.25. The Bertz CT molecular complexity index is 1160. The standard InChI is InChI=1S/C20H17BrN6O5/c1-2-32-20(29)14-5-3-4-6-15(14)24-17-16(27(30)31)18(23-11-22-17)25-26-19(28)12-7-9-13(21)10-8-12/h3-11H,2H2,1H3,(H,26,28)(H2,22,23,24,25). The number of nitrogens with one attached hydrogen (secondary N) is 3. The zero-order valence-electron chi connectivity index (χ0n) is 16.7. The molecule has 164 valence electrons. The van der Waals surface area contributed by atoms with E-state index in [4.69, 9.17) is 4.74 Å². The minimum absolute atomic E-state index is 0.174. The highest BCUT2D eigenvalue weighted by molar-refractivity contribution is 9.10. The van der Waals surface area contributed by atoms with Gasteiger partial charge in [-0.1, -0.05) is 28.1 Å². The average Bonchev–Trinajstić information content (AvgIpc) is 2.78. The largest absolute Gasteiger partial charge is 0.462 e. The van der Waals surface area contributed by atoms with E-state index in [9.17, 15) is 19.7 Å². The first kappa shape index (κ1) is 22.6. The Morgan fingerprint density at radius 3 is 2.47 bits per heavy atom. The third-order valence-corrected chi connectivity index (χ3v) is 4.61. The fraction of sp³-hybridized carbons (Fsp3) is 0.100. The predicted octanol–water partition coefficient (Wildman–Crippen LogP) is 3.82. The summed E-state index contributed by atoms with van der Waals surface area (Å²) in [5.41, 5.74) is 5.07. The second kappa shape index (κ2) is 10.3. The second-order valence-corrected chi connectivity index (χ2v) is 7.07. The van der Waals surface area contributed by atoms with Crippen LogP contribution in [0.1, 0.15) is 27.6 Å². The van der Waals surface area contributed by atoms with Crippen LogP contribution in [-0.2, 0) is 4.74 Å². The summed E-state index contributed by atoms with van der Waals surface area (Å²) < 4.78 is 5.81. The van der Waals surface area contributed by atoms with Crippen molar-refractivity contribution in [2.24, 2.45) is 0 Å². The van der Waals surface area contributed by atoms with E-state index in [1.54, 1.807) is 49.4 Å². The maximum atomic E-state index is 12.3. The summed E-state index contributed by atoms with van der Waals surface area (Å²) in [6.07, 6.45) is 1.08. The maximum absolute atomic E-state index is 12.3. The quantitative estimate of drug-likeness (QED) is 0.238. The number of halogens is 1. The summed E-state index contributed by atoms with van der Waals surface area (Å²) in [4.78, 5) is 43.3. The first-order valence-corrected chi connectivity index (χ1v) is 10.0. The highest BCUT2D eigenvalue weighted by atomic mass is 79.9. The fourth-order valence-electron chi connectivity index (χ4n) is 2.63. The minimum atomic E-state index is -0.705. The van der Waals surface area contributed by atoms with Gasteiger partial charge in [0.1, 0.15) is 6.33 Å². The Labute approximate surface area is 190 Å². The number of anilines is 3. The molecule has 0 radical (unpaired) electrons. The molecule has 32 heavy (non-hydrogen) atoms. The van der Waals surface area contributed by atoms with Crippen LogP contribution in [0.2, 0.25) is 0 Å². The van der Waals surface area contributed by atoms with Crippen molar-refractivity contribution in [1.29, 1.82) is 0 Å². The van der Waals surface area contributed by atoms with E-state index < -0.39 is 22.5 Å². The van der Waals surface area contributed by atoms with Crippen LogP contribution in [0.3, 0.4) is 0 Å². The van der Waals surface area contributed by atoms with Crippen LogP contribution >= 0.6 is 15.9 Å². The number of rotatable bonds is 8. The molecule has 0 bridgehead atoms. The van der Waals surface area contributed by atoms with Crippen LogP contribution in [0.15, 0.2) is 59.3 Å². The number of carbonyl (C=O) groups is 2. The van der Waals surface area contributed by atoms with Gasteiger partial charge in [0.15, 0.2) is 0 Å². The van der Waals surface area contributed by atoms with Crippen molar-refractivity contribution >= 4 is 50.8 Å². The van der Waals surface area contributed by atoms with Crippen LogP contribution < -0.4 is 16.2 Å². The molecule has 3 rings (SSSR count). The van der Waals surface area contributed by atoms with Gasteiger partial charge in [-0.05, 0) is 43.3 Å². The number of amides is 1. The van der Waals surface area contributed by atoms with Crippen LogP contribution in [0.5, 0.6) is 0 Å². The number of hydrazine groups is 1. The molecule has 1 aromatic heterocycles. The molecule has 3 N–H and O–H groups in total. The molecule has 0 saturated heterocycles. The van der Waals surface area contributed by atoms with Gasteiger partial charge in [-0.25, -0.2) is 14.8 Å². The number of aromatic nitrogens is 2. The van der Waals surface area contributed by atoms with Crippen molar-refractivity contribution < 1.29 is 19.2 Å².